The van der Waals surface area contributed by atoms with Crippen molar-refractivity contribution in [3.63, 3.8) is 0 Å². The number of thioether (sulfide) groups is 1. The first-order valence-electron chi connectivity index (χ1n) is 5.14. The van der Waals surface area contributed by atoms with E-state index in [1.807, 2.05) is 42.1 Å². The van der Waals surface area contributed by atoms with Gasteiger partial charge in [0.15, 0.2) is 0 Å². The first kappa shape index (κ1) is 11.6. The predicted molar refractivity (Wildman–Crippen MR) is 63.6 cm³/mol. The van der Waals surface area contributed by atoms with E-state index in [1.54, 1.807) is 0 Å². The zero-order valence-electron chi connectivity index (χ0n) is 8.81. The molecule has 0 heterocycles. The van der Waals surface area contributed by atoms with Crippen molar-refractivity contribution in [3.05, 3.63) is 35.9 Å². The van der Waals surface area contributed by atoms with E-state index in [1.165, 1.54) is 0 Å². The Morgan fingerprint density at radius 2 is 1.86 bits per heavy atom. The Morgan fingerprint density at radius 1 is 1.21 bits per heavy atom. The van der Waals surface area contributed by atoms with Gasteiger partial charge < -0.3 is 5.11 Å². The first-order valence-corrected chi connectivity index (χ1v) is 6.19. The van der Waals surface area contributed by atoms with Gasteiger partial charge in [-0.1, -0.05) is 44.2 Å². The van der Waals surface area contributed by atoms with E-state index in [0.717, 1.165) is 17.7 Å². The van der Waals surface area contributed by atoms with Crippen LogP contribution in [-0.2, 0) is 0 Å². The molecule has 0 spiro atoms. The van der Waals surface area contributed by atoms with E-state index in [2.05, 4.69) is 13.8 Å². The number of aliphatic hydroxyl groups excluding tert-OH is 1. The molecule has 0 saturated heterocycles. The Kier molecular flexibility index (Phi) is 5.05. The molecule has 14 heavy (non-hydrogen) atoms. The van der Waals surface area contributed by atoms with Gasteiger partial charge in [-0.2, -0.15) is 11.8 Å². The summed E-state index contributed by atoms with van der Waals surface area (Å²) >= 11 is 1.83. The lowest BCUT2D eigenvalue weighted by molar-refractivity contribution is 0.173. The summed E-state index contributed by atoms with van der Waals surface area (Å²) in [6.45, 7) is 4.25. The van der Waals surface area contributed by atoms with Crippen molar-refractivity contribution in [3.8, 4) is 0 Å². The van der Waals surface area contributed by atoms with Gasteiger partial charge in [0.2, 0.25) is 0 Å². The number of hydrogen-bond acceptors (Lipinski definition) is 2. The molecular weight excluding hydrogens is 192 g/mol. The van der Waals surface area contributed by atoms with Crippen molar-refractivity contribution in [1.29, 1.82) is 0 Å². The molecule has 0 aliphatic heterocycles. The second-order valence-electron chi connectivity index (χ2n) is 3.26. The largest absolute Gasteiger partial charge is 0.387 e. The van der Waals surface area contributed by atoms with Gasteiger partial charge in [-0.05, 0) is 17.7 Å². The minimum absolute atomic E-state index is 0.322. The van der Waals surface area contributed by atoms with Crippen molar-refractivity contribution in [1.82, 2.24) is 0 Å². The Hall–Kier alpha value is -0.470. The van der Waals surface area contributed by atoms with Crippen molar-refractivity contribution in [2.24, 2.45) is 0 Å². The third-order valence-corrected chi connectivity index (χ3v) is 3.63. The van der Waals surface area contributed by atoms with Crippen LogP contribution in [0, 0.1) is 0 Å². The molecule has 0 unspecified atom stereocenters. The van der Waals surface area contributed by atoms with Gasteiger partial charge in [0.05, 0.1) is 6.10 Å². The highest BCUT2D eigenvalue weighted by atomic mass is 32.2. The first-order chi connectivity index (χ1) is 6.79. The summed E-state index contributed by atoms with van der Waals surface area (Å²) in [5, 5.41) is 10.4. The lowest BCUT2D eigenvalue weighted by atomic mass is 10.1. The summed E-state index contributed by atoms with van der Waals surface area (Å²) in [5.41, 5.74) is 1.03. The quantitative estimate of drug-likeness (QED) is 0.805. The van der Waals surface area contributed by atoms with Crippen LogP contribution in [0.2, 0.25) is 0 Å². The molecular formula is C12H18OS. The Balaban J connectivity index is 2.67. The van der Waals surface area contributed by atoms with E-state index < -0.39 is 0 Å². The Morgan fingerprint density at radius 3 is 2.36 bits per heavy atom. The van der Waals surface area contributed by atoms with E-state index >= 15 is 0 Å². The van der Waals surface area contributed by atoms with Gasteiger partial charge in [0, 0.05) is 5.25 Å². The lowest BCUT2D eigenvalue weighted by Crippen LogP contribution is -2.14. The second kappa shape index (κ2) is 6.10. The smallest absolute Gasteiger partial charge is 0.0908 e. The van der Waals surface area contributed by atoms with Crippen molar-refractivity contribution in [2.45, 2.75) is 31.6 Å². The van der Waals surface area contributed by atoms with Crippen LogP contribution in [0.4, 0.5) is 0 Å². The van der Waals surface area contributed by atoms with Crippen molar-refractivity contribution in [2.75, 3.05) is 5.75 Å². The highest BCUT2D eigenvalue weighted by Gasteiger charge is 2.18. The van der Waals surface area contributed by atoms with E-state index in [-0.39, 0.29) is 6.10 Å². The molecule has 0 amide bonds. The predicted octanol–water partition coefficient (Wildman–Crippen LogP) is 3.25. The molecule has 1 aromatic carbocycles. The third-order valence-electron chi connectivity index (χ3n) is 2.28. The molecule has 0 aliphatic rings. The zero-order valence-corrected chi connectivity index (χ0v) is 9.63. The lowest BCUT2D eigenvalue weighted by Gasteiger charge is -2.20. The maximum atomic E-state index is 10.1. The fourth-order valence-electron chi connectivity index (χ4n) is 1.51. The molecule has 0 radical (unpaired) electrons. The molecule has 1 N–H and O–H groups in total. The number of aliphatic hydroxyl groups is 1. The topological polar surface area (TPSA) is 20.2 Å². The minimum atomic E-state index is -0.328. The maximum Gasteiger partial charge on any atom is 0.0908 e. The Bertz CT molecular complexity index is 248. The van der Waals surface area contributed by atoms with Gasteiger partial charge in [-0.3, -0.25) is 0 Å². The summed E-state index contributed by atoms with van der Waals surface area (Å²) in [4.78, 5) is 0. The SMILES string of the molecule is CCS[C@@H](CC)[C@H](O)c1ccccc1. The number of benzene rings is 1. The van der Waals surface area contributed by atoms with Crippen LogP contribution in [0.3, 0.4) is 0 Å². The normalized spacial score (nSPS) is 15.1. The highest BCUT2D eigenvalue weighted by Crippen LogP contribution is 2.28. The summed E-state index contributed by atoms with van der Waals surface area (Å²) in [7, 11) is 0. The summed E-state index contributed by atoms with van der Waals surface area (Å²) in [5.74, 6) is 1.06. The van der Waals surface area contributed by atoms with Crippen LogP contribution in [-0.4, -0.2) is 16.1 Å². The average Bonchev–Trinajstić information content (AvgIpc) is 2.26. The summed E-state index contributed by atoms with van der Waals surface area (Å²) < 4.78 is 0. The Labute approximate surface area is 90.5 Å². The molecule has 0 aromatic heterocycles. The average molecular weight is 210 g/mol. The van der Waals surface area contributed by atoms with Gasteiger partial charge >= 0.3 is 0 Å². The van der Waals surface area contributed by atoms with Gasteiger partial charge in [0.25, 0.3) is 0 Å². The van der Waals surface area contributed by atoms with E-state index in [0.29, 0.717) is 5.25 Å². The van der Waals surface area contributed by atoms with Crippen LogP contribution in [0.15, 0.2) is 30.3 Å². The van der Waals surface area contributed by atoms with Crippen molar-refractivity contribution >= 4 is 11.8 Å². The maximum absolute atomic E-state index is 10.1. The van der Waals surface area contributed by atoms with Crippen LogP contribution in [0.1, 0.15) is 31.9 Å². The minimum Gasteiger partial charge on any atom is -0.387 e. The van der Waals surface area contributed by atoms with Crippen LogP contribution >= 0.6 is 11.8 Å². The summed E-state index contributed by atoms with van der Waals surface area (Å²) in [6, 6.07) is 9.90. The molecule has 1 rings (SSSR count). The molecule has 0 bridgehead atoms. The fraction of sp³-hybridized carbons (Fsp3) is 0.500. The zero-order chi connectivity index (χ0) is 10.4. The second-order valence-corrected chi connectivity index (χ2v) is 4.77. The molecule has 2 atom stereocenters. The third kappa shape index (κ3) is 3.03. The standard InChI is InChI=1S/C12H18OS/c1-3-11(14-4-2)12(13)10-8-6-5-7-9-10/h5-9,11-13H,3-4H2,1-2H3/t11-,12+/m0/s1. The monoisotopic (exact) mass is 210 g/mol. The highest BCUT2D eigenvalue weighted by molar-refractivity contribution is 7.99. The van der Waals surface area contributed by atoms with Crippen LogP contribution in [0.25, 0.3) is 0 Å². The molecule has 78 valence electrons. The fourth-order valence-corrected chi connectivity index (χ4v) is 2.51. The number of hydrogen-bond donors (Lipinski definition) is 1. The molecule has 0 saturated carbocycles. The van der Waals surface area contributed by atoms with Crippen LogP contribution < -0.4 is 0 Å². The summed E-state index contributed by atoms with van der Waals surface area (Å²) in [6.07, 6.45) is 0.681. The van der Waals surface area contributed by atoms with Gasteiger partial charge in [0.1, 0.15) is 0 Å². The molecule has 2 heteroatoms. The number of rotatable bonds is 5. The molecule has 0 aliphatic carbocycles. The van der Waals surface area contributed by atoms with Crippen LogP contribution in [0.5, 0.6) is 0 Å². The van der Waals surface area contributed by atoms with E-state index in [9.17, 15) is 5.11 Å². The van der Waals surface area contributed by atoms with E-state index in [4.69, 9.17) is 0 Å². The molecule has 1 aromatic rings. The van der Waals surface area contributed by atoms with Crippen molar-refractivity contribution < 1.29 is 5.11 Å². The van der Waals surface area contributed by atoms with Gasteiger partial charge in [-0.15, -0.1) is 0 Å². The molecule has 0 fully saturated rings. The van der Waals surface area contributed by atoms with Gasteiger partial charge in [-0.25, -0.2) is 0 Å². The molecule has 1 nitrogen and oxygen atoms in total.